The second-order valence-corrected chi connectivity index (χ2v) is 7.30. The van der Waals surface area contributed by atoms with Crippen LogP contribution in [-0.2, 0) is 15.9 Å². The summed E-state index contributed by atoms with van der Waals surface area (Å²) in [5.41, 5.74) is 5.14. The number of aromatic nitrogens is 2. The lowest BCUT2D eigenvalue weighted by molar-refractivity contribution is -0.0299. The lowest BCUT2D eigenvalue weighted by Crippen LogP contribution is -2.48. The van der Waals surface area contributed by atoms with Crippen LogP contribution in [0.1, 0.15) is 30.7 Å². The molecule has 3 aromatic rings. The zero-order valence-electron chi connectivity index (χ0n) is 15.7. The molecule has 0 bridgehead atoms. The summed E-state index contributed by atoms with van der Waals surface area (Å²) in [6.45, 7) is 4.92. The molecule has 6 nitrogen and oxygen atoms in total. The molecule has 1 unspecified atom stereocenters. The first-order valence-corrected chi connectivity index (χ1v) is 10.0. The number of benzene rings is 1. The van der Waals surface area contributed by atoms with Crippen molar-refractivity contribution >= 4 is 33.3 Å². The van der Waals surface area contributed by atoms with Gasteiger partial charge in [0.05, 0.1) is 33.6 Å². The molecule has 0 radical (unpaired) electrons. The molecule has 0 saturated heterocycles. The van der Waals surface area contributed by atoms with Gasteiger partial charge < -0.3 is 14.8 Å². The SMILES string of the molecule is CCOC1=Cc2ncc(C#N)cc2CC1(Nc1ccc2ncsc2c1)OCC. The van der Waals surface area contributed by atoms with Gasteiger partial charge in [-0.05, 0) is 43.7 Å². The number of thiazole rings is 1. The Morgan fingerprint density at radius 1 is 1.25 bits per heavy atom. The molecule has 1 aromatic carbocycles. The van der Waals surface area contributed by atoms with Gasteiger partial charge in [-0.2, -0.15) is 5.26 Å². The van der Waals surface area contributed by atoms with Gasteiger partial charge in [-0.25, -0.2) is 4.98 Å². The summed E-state index contributed by atoms with van der Waals surface area (Å²) in [6, 6.07) is 10.1. The predicted molar refractivity (Wildman–Crippen MR) is 110 cm³/mol. The Morgan fingerprint density at radius 2 is 2.14 bits per heavy atom. The largest absolute Gasteiger partial charge is 0.493 e. The number of anilines is 1. The number of hydrogen-bond acceptors (Lipinski definition) is 7. The van der Waals surface area contributed by atoms with E-state index in [1.165, 1.54) is 0 Å². The lowest BCUT2D eigenvalue weighted by atomic mass is 9.91. The van der Waals surface area contributed by atoms with Crippen LogP contribution in [0.4, 0.5) is 5.69 Å². The summed E-state index contributed by atoms with van der Waals surface area (Å²) in [5.74, 6) is 0.686. The highest BCUT2D eigenvalue weighted by Crippen LogP contribution is 2.37. The van der Waals surface area contributed by atoms with Crippen molar-refractivity contribution < 1.29 is 9.47 Å². The molecule has 7 heteroatoms. The molecule has 28 heavy (non-hydrogen) atoms. The molecule has 0 saturated carbocycles. The van der Waals surface area contributed by atoms with Crippen molar-refractivity contribution in [3.05, 3.63) is 58.6 Å². The minimum absolute atomic E-state index is 0.501. The fraction of sp³-hybridized carbons (Fsp3) is 0.286. The highest BCUT2D eigenvalue weighted by atomic mass is 32.1. The van der Waals surface area contributed by atoms with Crippen LogP contribution in [0.2, 0.25) is 0 Å². The third kappa shape index (κ3) is 3.33. The molecule has 1 aliphatic carbocycles. The number of nitrogens with one attached hydrogen (secondary N) is 1. The average molecular weight is 392 g/mol. The predicted octanol–water partition coefficient (Wildman–Crippen LogP) is 4.34. The third-order valence-electron chi connectivity index (χ3n) is 4.60. The Morgan fingerprint density at radius 3 is 2.93 bits per heavy atom. The number of nitrogens with zero attached hydrogens (tertiary/aromatic N) is 3. The summed E-state index contributed by atoms with van der Waals surface area (Å²) in [5, 5.41) is 12.8. The van der Waals surface area contributed by atoms with Crippen LogP contribution in [0.25, 0.3) is 16.3 Å². The molecule has 142 valence electrons. The van der Waals surface area contributed by atoms with Crippen LogP contribution in [-0.4, -0.2) is 28.9 Å². The molecule has 2 aromatic heterocycles. The van der Waals surface area contributed by atoms with E-state index in [0.717, 1.165) is 27.2 Å². The van der Waals surface area contributed by atoms with E-state index in [2.05, 4.69) is 27.4 Å². The van der Waals surface area contributed by atoms with E-state index in [1.54, 1.807) is 17.5 Å². The average Bonchev–Trinajstić information content (AvgIpc) is 3.16. The second-order valence-electron chi connectivity index (χ2n) is 6.42. The van der Waals surface area contributed by atoms with Gasteiger partial charge >= 0.3 is 0 Å². The number of ether oxygens (including phenoxy) is 2. The van der Waals surface area contributed by atoms with Gasteiger partial charge in [0.2, 0.25) is 5.72 Å². The standard InChI is InChI=1S/C21H20N4O2S/c1-3-26-20-9-18-15(7-14(11-22)12-23-18)10-21(20,27-4-2)25-16-5-6-17-19(8-16)28-13-24-17/h5-9,12-13,25H,3-4,10H2,1-2H3. The number of hydrogen-bond donors (Lipinski definition) is 1. The van der Waals surface area contributed by atoms with Crippen LogP contribution in [0.3, 0.4) is 0 Å². The normalized spacial score (nSPS) is 18.2. The van der Waals surface area contributed by atoms with E-state index in [-0.39, 0.29) is 0 Å². The van der Waals surface area contributed by atoms with Crippen LogP contribution in [0.5, 0.6) is 0 Å². The molecular formula is C21H20N4O2S. The van der Waals surface area contributed by atoms with Gasteiger partial charge in [-0.15, -0.1) is 11.3 Å². The van der Waals surface area contributed by atoms with E-state index < -0.39 is 5.72 Å². The van der Waals surface area contributed by atoms with Gasteiger partial charge in [-0.1, -0.05) is 0 Å². The Bertz CT molecular complexity index is 1090. The van der Waals surface area contributed by atoms with Crippen molar-refractivity contribution in [2.24, 2.45) is 0 Å². The molecule has 0 aliphatic heterocycles. The number of nitriles is 1. The van der Waals surface area contributed by atoms with Crippen LogP contribution < -0.4 is 5.32 Å². The van der Waals surface area contributed by atoms with Crippen molar-refractivity contribution in [2.45, 2.75) is 26.0 Å². The molecule has 1 aliphatic rings. The van der Waals surface area contributed by atoms with Crippen LogP contribution >= 0.6 is 11.3 Å². The summed E-state index contributed by atoms with van der Waals surface area (Å²) in [7, 11) is 0. The number of rotatable bonds is 6. The van der Waals surface area contributed by atoms with E-state index in [4.69, 9.17) is 9.47 Å². The summed E-state index contributed by atoms with van der Waals surface area (Å²) in [4.78, 5) is 8.76. The van der Waals surface area contributed by atoms with Crippen LogP contribution in [0, 0.1) is 11.3 Å². The van der Waals surface area contributed by atoms with E-state index >= 15 is 0 Å². The summed E-state index contributed by atoms with van der Waals surface area (Å²) >= 11 is 1.60. The Labute approximate surface area is 167 Å². The highest BCUT2D eigenvalue weighted by molar-refractivity contribution is 7.16. The van der Waals surface area contributed by atoms with Crippen molar-refractivity contribution in [1.82, 2.24) is 9.97 Å². The van der Waals surface area contributed by atoms with E-state index in [0.29, 0.717) is 31.0 Å². The molecule has 1 N–H and O–H groups in total. The first kappa shape index (κ1) is 18.4. The van der Waals surface area contributed by atoms with Gasteiger partial charge in [0.25, 0.3) is 0 Å². The first-order valence-electron chi connectivity index (χ1n) is 9.17. The molecular weight excluding hydrogens is 372 g/mol. The maximum Gasteiger partial charge on any atom is 0.201 e. The number of fused-ring (bicyclic) bond motifs is 2. The quantitative estimate of drug-likeness (QED) is 0.629. The molecule has 0 spiro atoms. The van der Waals surface area contributed by atoms with Gasteiger partial charge in [-0.3, -0.25) is 4.98 Å². The van der Waals surface area contributed by atoms with Gasteiger partial charge in [0, 0.05) is 31.0 Å². The van der Waals surface area contributed by atoms with Gasteiger partial charge in [0.15, 0.2) is 5.76 Å². The zero-order chi connectivity index (χ0) is 19.6. The summed E-state index contributed by atoms with van der Waals surface area (Å²) < 4.78 is 13.3. The highest BCUT2D eigenvalue weighted by Gasteiger charge is 2.41. The molecule has 0 fully saturated rings. The topological polar surface area (TPSA) is 80.1 Å². The van der Waals surface area contributed by atoms with Crippen molar-refractivity contribution in [2.75, 3.05) is 18.5 Å². The van der Waals surface area contributed by atoms with E-state index in [1.807, 2.05) is 43.6 Å². The number of pyridine rings is 1. The van der Waals surface area contributed by atoms with E-state index in [9.17, 15) is 5.26 Å². The Hall–Kier alpha value is -2.95. The fourth-order valence-corrected chi connectivity index (χ4v) is 4.16. The van der Waals surface area contributed by atoms with Crippen LogP contribution in [0.15, 0.2) is 41.7 Å². The van der Waals surface area contributed by atoms with Crippen molar-refractivity contribution in [1.29, 1.82) is 5.26 Å². The van der Waals surface area contributed by atoms with Crippen molar-refractivity contribution in [3.8, 4) is 6.07 Å². The minimum Gasteiger partial charge on any atom is -0.493 e. The molecule has 2 heterocycles. The first-order chi connectivity index (χ1) is 13.7. The second kappa shape index (κ2) is 7.58. The van der Waals surface area contributed by atoms with Gasteiger partial charge in [0.1, 0.15) is 6.07 Å². The van der Waals surface area contributed by atoms with Crippen molar-refractivity contribution in [3.63, 3.8) is 0 Å². The zero-order valence-corrected chi connectivity index (χ0v) is 16.5. The summed E-state index contributed by atoms with van der Waals surface area (Å²) in [6.07, 6.45) is 3.99. The molecule has 0 amide bonds. The monoisotopic (exact) mass is 392 g/mol. The minimum atomic E-state index is -0.869. The lowest BCUT2D eigenvalue weighted by Gasteiger charge is -2.39. The Balaban J connectivity index is 1.78. The third-order valence-corrected chi connectivity index (χ3v) is 5.40. The maximum absolute atomic E-state index is 9.24. The smallest absolute Gasteiger partial charge is 0.201 e. The fourth-order valence-electron chi connectivity index (χ4n) is 3.44. The molecule has 4 rings (SSSR count). The Kier molecular flexibility index (Phi) is 4.99. The maximum atomic E-state index is 9.24. The molecule has 1 atom stereocenters.